The van der Waals surface area contributed by atoms with Crippen LogP contribution in [0.15, 0.2) is 64.5 Å². The van der Waals surface area contributed by atoms with Crippen molar-refractivity contribution in [2.75, 3.05) is 26.5 Å². The Balaban J connectivity index is 0.00000312. The molecule has 0 aliphatic rings. The summed E-state index contributed by atoms with van der Waals surface area (Å²) in [5.74, 6) is 2.04. The lowest BCUT2D eigenvalue weighted by Crippen LogP contribution is -2.38. The van der Waals surface area contributed by atoms with Gasteiger partial charge < -0.3 is 15.4 Å². The first-order chi connectivity index (χ1) is 11.7. The number of guanidine groups is 1. The van der Waals surface area contributed by atoms with Crippen LogP contribution in [0.4, 0.5) is 0 Å². The summed E-state index contributed by atoms with van der Waals surface area (Å²) in [5, 5.41) is 6.42. The van der Waals surface area contributed by atoms with Gasteiger partial charge in [0.15, 0.2) is 5.96 Å². The Hall–Kier alpha value is -1.61. The zero-order chi connectivity index (χ0) is 17.2. The Morgan fingerprint density at radius 2 is 1.76 bits per heavy atom. The van der Waals surface area contributed by atoms with Gasteiger partial charge in [-0.15, -0.1) is 24.0 Å². The summed E-state index contributed by atoms with van der Waals surface area (Å²) in [6, 6.07) is 17.3. The molecule has 25 heavy (non-hydrogen) atoms. The third-order valence-electron chi connectivity index (χ3n) is 3.45. The minimum Gasteiger partial charge on any atom is -0.496 e. The van der Waals surface area contributed by atoms with Gasteiger partial charge >= 0.3 is 0 Å². The maximum absolute atomic E-state index is 12.2. The molecule has 0 saturated heterocycles. The third-order valence-corrected chi connectivity index (χ3v) is 4.82. The molecule has 0 amide bonds. The number of hydrogen-bond acceptors (Lipinski definition) is 3. The molecule has 0 radical (unpaired) electrons. The molecule has 2 aromatic rings. The lowest BCUT2D eigenvalue weighted by molar-refractivity contribution is 0.409. The highest BCUT2D eigenvalue weighted by atomic mass is 127. The topological polar surface area (TPSA) is 62.7 Å². The lowest BCUT2D eigenvalue weighted by Gasteiger charge is -2.13. The Bertz CT molecular complexity index is 696. The van der Waals surface area contributed by atoms with Gasteiger partial charge in [-0.05, 0) is 18.2 Å². The zero-order valence-corrected chi connectivity index (χ0v) is 17.5. The second-order valence-electron chi connectivity index (χ2n) is 5.03. The SMILES string of the molecule is CN=C(NCCS(=O)c1ccccc1)NCc1ccccc1OC.I. The van der Waals surface area contributed by atoms with Crippen molar-refractivity contribution in [3.05, 3.63) is 60.2 Å². The largest absolute Gasteiger partial charge is 0.496 e. The van der Waals surface area contributed by atoms with Gasteiger partial charge in [-0.2, -0.15) is 0 Å². The molecule has 2 aromatic carbocycles. The van der Waals surface area contributed by atoms with E-state index in [0.29, 0.717) is 24.8 Å². The van der Waals surface area contributed by atoms with Crippen LogP contribution in [0.3, 0.4) is 0 Å². The molecule has 0 saturated carbocycles. The quantitative estimate of drug-likeness (QED) is 0.369. The van der Waals surface area contributed by atoms with Gasteiger partial charge in [0.2, 0.25) is 0 Å². The van der Waals surface area contributed by atoms with Crippen molar-refractivity contribution in [2.24, 2.45) is 4.99 Å². The molecule has 0 fully saturated rings. The van der Waals surface area contributed by atoms with Crippen LogP contribution < -0.4 is 15.4 Å². The number of ether oxygens (including phenoxy) is 1. The molecule has 2 rings (SSSR count). The number of nitrogens with zero attached hydrogens (tertiary/aromatic N) is 1. The first-order valence-electron chi connectivity index (χ1n) is 7.74. The van der Waals surface area contributed by atoms with Gasteiger partial charge in [-0.25, -0.2) is 0 Å². The fourth-order valence-electron chi connectivity index (χ4n) is 2.20. The molecule has 1 atom stereocenters. The molecular weight excluding hydrogens is 449 g/mol. The Morgan fingerprint density at radius 1 is 1.08 bits per heavy atom. The fraction of sp³-hybridized carbons (Fsp3) is 0.278. The van der Waals surface area contributed by atoms with Gasteiger partial charge in [0, 0.05) is 36.3 Å². The Morgan fingerprint density at radius 3 is 2.44 bits per heavy atom. The first-order valence-corrected chi connectivity index (χ1v) is 9.06. The van der Waals surface area contributed by atoms with Crippen LogP contribution in [0, 0.1) is 0 Å². The van der Waals surface area contributed by atoms with E-state index in [4.69, 9.17) is 4.74 Å². The van der Waals surface area contributed by atoms with E-state index < -0.39 is 10.8 Å². The number of rotatable bonds is 7. The average Bonchev–Trinajstić information content (AvgIpc) is 2.65. The van der Waals surface area contributed by atoms with E-state index >= 15 is 0 Å². The molecule has 5 nitrogen and oxygen atoms in total. The molecule has 0 spiro atoms. The molecule has 0 aromatic heterocycles. The minimum absolute atomic E-state index is 0. The van der Waals surface area contributed by atoms with Crippen molar-refractivity contribution in [3.8, 4) is 5.75 Å². The summed E-state index contributed by atoms with van der Waals surface area (Å²) in [5.41, 5.74) is 1.05. The molecule has 1 unspecified atom stereocenters. The van der Waals surface area contributed by atoms with Crippen LogP contribution in [0.1, 0.15) is 5.56 Å². The summed E-state index contributed by atoms with van der Waals surface area (Å²) in [4.78, 5) is 5.03. The molecule has 2 N–H and O–H groups in total. The summed E-state index contributed by atoms with van der Waals surface area (Å²) < 4.78 is 17.5. The molecule has 0 aliphatic carbocycles. The Labute approximate surface area is 168 Å². The predicted octanol–water partition coefficient (Wildman–Crippen LogP) is 2.79. The van der Waals surface area contributed by atoms with Gasteiger partial charge in [0.05, 0.1) is 17.9 Å². The fourth-order valence-corrected chi connectivity index (χ4v) is 3.18. The highest BCUT2D eigenvalue weighted by molar-refractivity contribution is 14.0. The van der Waals surface area contributed by atoms with Crippen molar-refractivity contribution in [1.29, 1.82) is 0 Å². The molecule has 0 aliphatic heterocycles. The van der Waals surface area contributed by atoms with E-state index in [-0.39, 0.29) is 24.0 Å². The number of aliphatic imine (C=N–C) groups is 1. The van der Waals surface area contributed by atoms with Gasteiger partial charge in [0.1, 0.15) is 5.75 Å². The summed E-state index contributed by atoms with van der Waals surface area (Å²) in [7, 11) is 2.36. The van der Waals surface area contributed by atoms with Crippen LogP contribution >= 0.6 is 24.0 Å². The highest BCUT2D eigenvalue weighted by Gasteiger charge is 2.05. The van der Waals surface area contributed by atoms with E-state index in [9.17, 15) is 4.21 Å². The monoisotopic (exact) mass is 473 g/mol. The van der Waals surface area contributed by atoms with Crippen molar-refractivity contribution in [1.82, 2.24) is 10.6 Å². The third kappa shape index (κ3) is 7.03. The Kier molecular flexibility index (Phi) is 10.2. The van der Waals surface area contributed by atoms with E-state index in [0.717, 1.165) is 16.2 Å². The van der Waals surface area contributed by atoms with Crippen molar-refractivity contribution in [3.63, 3.8) is 0 Å². The van der Waals surface area contributed by atoms with E-state index in [1.807, 2.05) is 54.6 Å². The van der Waals surface area contributed by atoms with E-state index in [1.165, 1.54) is 0 Å². The maximum atomic E-state index is 12.2. The van der Waals surface area contributed by atoms with Crippen LogP contribution in [0.25, 0.3) is 0 Å². The number of nitrogens with one attached hydrogen (secondary N) is 2. The lowest BCUT2D eigenvalue weighted by atomic mass is 10.2. The zero-order valence-electron chi connectivity index (χ0n) is 14.4. The molecule has 136 valence electrons. The van der Waals surface area contributed by atoms with E-state index in [1.54, 1.807) is 14.2 Å². The smallest absolute Gasteiger partial charge is 0.191 e. The molecular formula is C18H24IN3O2S. The summed E-state index contributed by atoms with van der Waals surface area (Å²) in [6.45, 7) is 1.18. The normalized spacial score (nSPS) is 12.0. The number of para-hydroxylation sites is 1. The highest BCUT2D eigenvalue weighted by Crippen LogP contribution is 2.16. The van der Waals surface area contributed by atoms with Crippen molar-refractivity contribution >= 4 is 40.7 Å². The first kappa shape index (κ1) is 21.4. The summed E-state index contributed by atoms with van der Waals surface area (Å²) >= 11 is 0. The van der Waals surface area contributed by atoms with Crippen LogP contribution in [-0.2, 0) is 17.3 Å². The van der Waals surface area contributed by atoms with Crippen molar-refractivity contribution < 1.29 is 8.95 Å². The standard InChI is InChI=1S/C18H23N3O2S.HI/c1-19-18(21-14-15-8-6-7-11-17(15)23-2)20-12-13-24(22)16-9-4-3-5-10-16;/h3-11H,12-14H2,1-2H3,(H2,19,20,21);1H. The van der Waals surface area contributed by atoms with Crippen LogP contribution in [0.2, 0.25) is 0 Å². The number of benzene rings is 2. The molecule has 0 bridgehead atoms. The van der Waals surface area contributed by atoms with Crippen LogP contribution in [-0.4, -0.2) is 36.6 Å². The number of halogens is 1. The molecule has 0 heterocycles. The second-order valence-corrected chi connectivity index (χ2v) is 6.60. The van der Waals surface area contributed by atoms with Crippen LogP contribution in [0.5, 0.6) is 5.75 Å². The molecule has 7 heteroatoms. The second kappa shape index (κ2) is 11.9. The predicted molar refractivity (Wildman–Crippen MR) is 114 cm³/mol. The van der Waals surface area contributed by atoms with Gasteiger partial charge in [0.25, 0.3) is 0 Å². The minimum atomic E-state index is -1.01. The summed E-state index contributed by atoms with van der Waals surface area (Å²) in [6.07, 6.45) is 0. The number of methoxy groups -OCH3 is 1. The van der Waals surface area contributed by atoms with Gasteiger partial charge in [-0.3, -0.25) is 9.20 Å². The van der Waals surface area contributed by atoms with Gasteiger partial charge in [-0.1, -0.05) is 36.4 Å². The number of hydrogen-bond donors (Lipinski definition) is 2. The average molecular weight is 473 g/mol. The maximum Gasteiger partial charge on any atom is 0.191 e. The van der Waals surface area contributed by atoms with Crippen molar-refractivity contribution in [2.45, 2.75) is 11.4 Å². The van der Waals surface area contributed by atoms with E-state index in [2.05, 4.69) is 15.6 Å².